The Kier molecular flexibility index (Phi) is 5.37. The number of rotatable bonds is 4. The molecule has 0 radical (unpaired) electrons. The number of carbonyl (C=O) groups is 1. The molecule has 3 aromatic rings. The molecule has 1 aliphatic heterocycles. The highest BCUT2D eigenvalue weighted by Gasteiger charge is 2.33. The van der Waals surface area contributed by atoms with E-state index in [1.54, 1.807) is 17.6 Å². The number of sulfonamides is 1. The minimum Gasteiger partial charge on any atom is -0.326 e. The van der Waals surface area contributed by atoms with Crippen LogP contribution in [0.2, 0.25) is 5.02 Å². The Labute approximate surface area is 172 Å². The molecule has 1 amide bonds. The normalized spacial score (nSPS) is 18.2. The van der Waals surface area contributed by atoms with Crippen molar-refractivity contribution in [2.24, 2.45) is 5.92 Å². The van der Waals surface area contributed by atoms with Crippen molar-refractivity contribution in [3.63, 3.8) is 0 Å². The van der Waals surface area contributed by atoms with Crippen LogP contribution < -0.4 is 5.32 Å². The standard InChI is InChI=1S/C19H18ClN3O3S2/c20-14-3-6-16(7-4-14)28(25,26)23-9-1-2-13(11-23)19(24)22-15-5-8-17-18(10-15)27-12-21-17/h3-8,10,12-13H,1-2,9,11H2,(H,22,24). The minimum absolute atomic E-state index is 0.166. The number of aromatic nitrogens is 1. The molecule has 146 valence electrons. The summed E-state index contributed by atoms with van der Waals surface area (Å²) < 4.78 is 28.2. The molecular weight excluding hydrogens is 418 g/mol. The SMILES string of the molecule is O=C(Nc1ccc2ncsc2c1)C1CCCN(S(=O)(=O)c2ccc(Cl)cc2)C1. The van der Waals surface area contributed by atoms with Gasteiger partial charge in [0.25, 0.3) is 0 Å². The fourth-order valence-electron chi connectivity index (χ4n) is 3.31. The number of benzene rings is 2. The third-order valence-electron chi connectivity index (χ3n) is 4.81. The summed E-state index contributed by atoms with van der Waals surface area (Å²) in [6.07, 6.45) is 1.29. The predicted octanol–water partition coefficient (Wildman–Crippen LogP) is 3.99. The molecule has 9 heteroatoms. The van der Waals surface area contributed by atoms with Crippen molar-refractivity contribution in [2.75, 3.05) is 18.4 Å². The highest BCUT2D eigenvalue weighted by molar-refractivity contribution is 7.89. The van der Waals surface area contributed by atoms with Crippen LogP contribution in [0.5, 0.6) is 0 Å². The fourth-order valence-corrected chi connectivity index (χ4v) is 5.67. The van der Waals surface area contributed by atoms with Gasteiger partial charge in [-0.05, 0) is 55.3 Å². The number of hydrogen-bond acceptors (Lipinski definition) is 5. The Bertz CT molecular complexity index is 1110. The van der Waals surface area contributed by atoms with E-state index in [1.807, 2.05) is 18.2 Å². The lowest BCUT2D eigenvalue weighted by atomic mass is 9.99. The van der Waals surface area contributed by atoms with E-state index in [0.29, 0.717) is 30.1 Å². The number of amides is 1. The van der Waals surface area contributed by atoms with E-state index in [9.17, 15) is 13.2 Å². The summed E-state index contributed by atoms with van der Waals surface area (Å²) in [7, 11) is -3.65. The molecular formula is C19H18ClN3O3S2. The summed E-state index contributed by atoms with van der Waals surface area (Å²) in [5.41, 5.74) is 3.34. The maximum absolute atomic E-state index is 12.9. The van der Waals surface area contributed by atoms with Gasteiger partial charge in [-0.2, -0.15) is 4.31 Å². The first-order valence-corrected chi connectivity index (χ1v) is 11.5. The number of piperidine rings is 1. The fraction of sp³-hybridized carbons (Fsp3) is 0.263. The maximum Gasteiger partial charge on any atom is 0.243 e. The van der Waals surface area contributed by atoms with Crippen molar-refractivity contribution in [3.8, 4) is 0 Å². The first-order chi connectivity index (χ1) is 13.4. The average molecular weight is 436 g/mol. The Morgan fingerprint density at radius 2 is 2.00 bits per heavy atom. The van der Waals surface area contributed by atoms with Gasteiger partial charge in [-0.3, -0.25) is 4.79 Å². The van der Waals surface area contributed by atoms with Crippen molar-refractivity contribution in [3.05, 3.63) is 53.0 Å². The highest BCUT2D eigenvalue weighted by atomic mass is 35.5. The van der Waals surface area contributed by atoms with E-state index in [2.05, 4.69) is 10.3 Å². The van der Waals surface area contributed by atoms with Crippen LogP contribution in [0.3, 0.4) is 0 Å². The van der Waals surface area contributed by atoms with Gasteiger partial charge in [0.1, 0.15) is 0 Å². The topological polar surface area (TPSA) is 79.4 Å². The molecule has 4 rings (SSSR count). The molecule has 1 unspecified atom stereocenters. The van der Waals surface area contributed by atoms with Gasteiger partial charge in [0, 0.05) is 23.8 Å². The Balaban J connectivity index is 1.48. The number of nitrogens with one attached hydrogen (secondary N) is 1. The van der Waals surface area contributed by atoms with Crippen LogP contribution in [-0.4, -0.2) is 36.7 Å². The van der Waals surface area contributed by atoms with E-state index in [-0.39, 0.29) is 17.3 Å². The monoisotopic (exact) mass is 435 g/mol. The molecule has 1 saturated heterocycles. The van der Waals surface area contributed by atoms with E-state index in [0.717, 1.165) is 10.2 Å². The van der Waals surface area contributed by atoms with Crippen LogP contribution in [0.4, 0.5) is 5.69 Å². The minimum atomic E-state index is -3.65. The number of hydrogen-bond donors (Lipinski definition) is 1. The number of halogens is 1. The molecule has 1 aliphatic rings. The van der Waals surface area contributed by atoms with E-state index >= 15 is 0 Å². The maximum atomic E-state index is 12.9. The predicted molar refractivity (Wildman–Crippen MR) is 111 cm³/mol. The zero-order valence-electron chi connectivity index (χ0n) is 14.8. The molecule has 28 heavy (non-hydrogen) atoms. The smallest absolute Gasteiger partial charge is 0.243 e. The lowest BCUT2D eigenvalue weighted by Gasteiger charge is -2.31. The first kappa shape index (κ1) is 19.3. The van der Waals surface area contributed by atoms with Crippen LogP contribution in [-0.2, 0) is 14.8 Å². The van der Waals surface area contributed by atoms with Crippen molar-refractivity contribution in [2.45, 2.75) is 17.7 Å². The summed E-state index contributed by atoms with van der Waals surface area (Å²) in [6.45, 7) is 0.571. The molecule has 1 fully saturated rings. The van der Waals surface area contributed by atoms with Crippen LogP contribution in [0.25, 0.3) is 10.2 Å². The van der Waals surface area contributed by atoms with Crippen LogP contribution in [0, 0.1) is 5.92 Å². The number of anilines is 1. The molecule has 2 heterocycles. The molecule has 1 N–H and O–H groups in total. The quantitative estimate of drug-likeness (QED) is 0.672. The molecule has 1 atom stereocenters. The van der Waals surface area contributed by atoms with Crippen molar-refractivity contribution in [1.82, 2.24) is 9.29 Å². The van der Waals surface area contributed by atoms with E-state index < -0.39 is 15.9 Å². The third-order valence-corrected chi connectivity index (χ3v) is 7.73. The zero-order valence-corrected chi connectivity index (χ0v) is 17.2. The van der Waals surface area contributed by atoms with Gasteiger partial charge in [-0.15, -0.1) is 11.3 Å². The molecule has 0 aliphatic carbocycles. The zero-order chi connectivity index (χ0) is 19.7. The van der Waals surface area contributed by atoms with Crippen molar-refractivity contribution in [1.29, 1.82) is 0 Å². The highest BCUT2D eigenvalue weighted by Crippen LogP contribution is 2.27. The van der Waals surface area contributed by atoms with Gasteiger partial charge in [0.15, 0.2) is 0 Å². The molecule has 6 nitrogen and oxygen atoms in total. The number of nitrogens with zero attached hydrogens (tertiary/aromatic N) is 2. The van der Waals surface area contributed by atoms with Crippen LogP contribution in [0.15, 0.2) is 52.9 Å². The number of fused-ring (bicyclic) bond motifs is 1. The van der Waals surface area contributed by atoms with Crippen molar-refractivity contribution >= 4 is 54.8 Å². The Morgan fingerprint density at radius 1 is 1.21 bits per heavy atom. The second-order valence-corrected chi connectivity index (χ2v) is 9.94. The van der Waals surface area contributed by atoms with E-state index in [1.165, 1.54) is 27.8 Å². The largest absolute Gasteiger partial charge is 0.326 e. The Hall–Kier alpha value is -2.00. The summed E-state index contributed by atoms with van der Waals surface area (Å²) in [5, 5.41) is 3.39. The summed E-state index contributed by atoms with van der Waals surface area (Å²) >= 11 is 7.36. The van der Waals surface area contributed by atoms with Crippen molar-refractivity contribution < 1.29 is 13.2 Å². The van der Waals surface area contributed by atoms with Gasteiger partial charge < -0.3 is 5.32 Å². The van der Waals surface area contributed by atoms with Gasteiger partial charge in [0.05, 0.1) is 26.5 Å². The van der Waals surface area contributed by atoms with E-state index in [4.69, 9.17) is 11.6 Å². The van der Waals surface area contributed by atoms with Gasteiger partial charge in [-0.25, -0.2) is 13.4 Å². The summed E-state index contributed by atoms with van der Waals surface area (Å²) in [4.78, 5) is 17.1. The number of carbonyl (C=O) groups excluding carboxylic acids is 1. The van der Waals surface area contributed by atoms with Crippen LogP contribution in [0.1, 0.15) is 12.8 Å². The molecule has 1 aromatic heterocycles. The summed E-state index contributed by atoms with van der Waals surface area (Å²) in [5.74, 6) is -0.562. The van der Waals surface area contributed by atoms with Gasteiger partial charge in [0.2, 0.25) is 15.9 Å². The Morgan fingerprint density at radius 3 is 2.79 bits per heavy atom. The molecule has 0 saturated carbocycles. The summed E-state index contributed by atoms with van der Waals surface area (Å²) in [6, 6.07) is 11.6. The second kappa shape index (κ2) is 7.79. The molecule has 0 bridgehead atoms. The molecule has 2 aromatic carbocycles. The first-order valence-electron chi connectivity index (χ1n) is 8.83. The average Bonchev–Trinajstić information content (AvgIpc) is 3.16. The number of thiazole rings is 1. The lowest BCUT2D eigenvalue weighted by molar-refractivity contribution is -0.120. The van der Waals surface area contributed by atoms with Gasteiger partial charge >= 0.3 is 0 Å². The van der Waals surface area contributed by atoms with Crippen LogP contribution >= 0.6 is 22.9 Å². The molecule has 0 spiro atoms. The third kappa shape index (κ3) is 3.91. The lowest BCUT2D eigenvalue weighted by Crippen LogP contribution is -2.43. The second-order valence-electron chi connectivity index (χ2n) is 6.68. The van der Waals surface area contributed by atoms with Gasteiger partial charge in [-0.1, -0.05) is 11.6 Å².